The molecular formula is C25H32N2O. The molecule has 0 saturated carbocycles. The van der Waals surface area contributed by atoms with Crippen molar-refractivity contribution in [2.75, 3.05) is 36.0 Å². The average molecular weight is 377 g/mol. The Bertz CT molecular complexity index is 735. The first-order valence-corrected chi connectivity index (χ1v) is 10.5. The maximum atomic E-state index is 11.3. The lowest BCUT2D eigenvalue weighted by molar-refractivity contribution is 0.145. The Morgan fingerprint density at radius 2 is 1.54 bits per heavy atom. The molecule has 1 heterocycles. The molecule has 2 aromatic carbocycles. The molecule has 0 spiro atoms. The minimum absolute atomic E-state index is 0.733. The van der Waals surface area contributed by atoms with E-state index in [1.54, 1.807) is 0 Å². The van der Waals surface area contributed by atoms with E-state index in [1.165, 1.54) is 24.9 Å². The van der Waals surface area contributed by atoms with Crippen molar-refractivity contribution >= 4 is 11.4 Å². The molecule has 2 aromatic rings. The van der Waals surface area contributed by atoms with Crippen molar-refractivity contribution in [3.05, 3.63) is 59.7 Å². The van der Waals surface area contributed by atoms with Crippen LogP contribution in [0.1, 0.15) is 50.7 Å². The summed E-state index contributed by atoms with van der Waals surface area (Å²) in [6.45, 7) is 8.53. The third kappa shape index (κ3) is 4.18. The fraction of sp³-hybridized carbons (Fsp3) is 0.440. The third-order valence-corrected chi connectivity index (χ3v) is 5.74. The topological polar surface area (TPSA) is 26.7 Å². The van der Waals surface area contributed by atoms with Crippen molar-refractivity contribution < 1.29 is 5.11 Å². The van der Waals surface area contributed by atoms with Crippen LogP contribution in [0.4, 0.5) is 11.4 Å². The molecule has 1 atom stereocenters. The SMILES string of the molecule is C#CC(O)(c1ccc(N(CC)CCC)cc1)c1ccc(N2CCCCC2)cc1. The van der Waals surface area contributed by atoms with Gasteiger partial charge in [-0.1, -0.05) is 37.1 Å². The average Bonchev–Trinajstić information content (AvgIpc) is 2.78. The van der Waals surface area contributed by atoms with Crippen LogP contribution >= 0.6 is 0 Å². The summed E-state index contributed by atoms with van der Waals surface area (Å²) < 4.78 is 0. The zero-order valence-electron chi connectivity index (χ0n) is 17.2. The monoisotopic (exact) mass is 376 g/mol. The molecule has 0 amide bonds. The fourth-order valence-corrected chi connectivity index (χ4v) is 4.05. The number of aliphatic hydroxyl groups is 1. The molecule has 3 nitrogen and oxygen atoms in total. The maximum Gasteiger partial charge on any atom is 0.176 e. The summed E-state index contributed by atoms with van der Waals surface area (Å²) >= 11 is 0. The summed E-state index contributed by atoms with van der Waals surface area (Å²) in [5.41, 5.74) is 2.42. The molecule has 0 bridgehead atoms. The highest BCUT2D eigenvalue weighted by Gasteiger charge is 2.29. The Hall–Kier alpha value is -2.44. The van der Waals surface area contributed by atoms with Gasteiger partial charge in [0.05, 0.1) is 0 Å². The molecule has 1 unspecified atom stereocenters. The predicted octanol–water partition coefficient (Wildman–Crippen LogP) is 4.78. The number of piperidine rings is 1. The van der Waals surface area contributed by atoms with Gasteiger partial charge in [0.2, 0.25) is 0 Å². The van der Waals surface area contributed by atoms with E-state index in [1.807, 2.05) is 24.3 Å². The van der Waals surface area contributed by atoms with Gasteiger partial charge in [-0.05, 0) is 56.9 Å². The van der Waals surface area contributed by atoms with Gasteiger partial charge in [0.1, 0.15) is 0 Å². The molecular weight excluding hydrogens is 344 g/mol. The highest BCUT2D eigenvalue weighted by Crippen LogP contribution is 2.32. The highest BCUT2D eigenvalue weighted by molar-refractivity contribution is 5.55. The zero-order valence-corrected chi connectivity index (χ0v) is 17.2. The summed E-state index contributed by atoms with van der Waals surface area (Å²) in [5.74, 6) is 2.63. The van der Waals surface area contributed by atoms with Crippen LogP contribution in [0.25, 0.3) is 0 Å². The minimum atomic E-state index is -1.42. The Kier molecular flexibility index (Phi) is 6.65. The molecule has 148 valence electrons. The lowest BCUT2D eigenvalue weighted by Crippen LogP contribution is -2.30. The van der Waals surface area contributed by atoms with Crippen molar-refractivity contribution in [3.8, 4) is 12.3 Å². The Morgan fingerprint density at radius 3 is 2.04 bits per heavy atom. The molecule has 28 heavy (non-hydrogen) atoms. The second-order valence-electron chi connectivity index (χ2n) is 7.58. The smallest absolute Gasteiger partial charge is 0.176 e. The normalized spacial score (nSPS) is 16.3. The summed E-state index contributed by atoms with van der Waals surface area (Å²) in [6.07, 6.45) is 10.7. The first kappa shape index (κ1) is 20.3. The highest BCUT2D eigenvalue weighted by atomic mass is 16.3. The van der Waals surface area contributed by atoms with Gasteiger partial charge in [-0.25, -0.2) is 0 Å². The number of hydrogen-bond donors (Lipinski definition) is 1. The first-order valence-electron chi connectivity index (χ1n) is 10.5. The van der Waals surface area contributed by atoms with Crippen LogP contribution in [0.15, 0.2) is 48.5 Å². The lowest BCUT2D eigenvalue weighted by atomic mass is 9.87. The third-order valence-electron chi connectivity index (χ3n) is 5.74. The Morgan fingerprint density at radius 1 is 0.964 bits per heavy atom. The van der Waals surface area contributed by atoms with Crippen molar-refractivity contribution in [1.29, 1.82) is 0 Å². The van der Waals surface area contributed by atoms with Gasteiger partial charge in [-0.15, -0.1) is 6.42 Å². The fourth-order valence-electron chi connectivity index (χ4n) is 4.05. The standard InChI is InChI=1S/C25H32N2O/c1-4-18-26(6-3)23-14-10-21(11-15-23)25(28,5-2)22-12-16-24(17-13-22)27-19-8-7-9-20-27/h2,10-17,28H,4,6-9,18-20H2,1,3H3. The van der Waals surface area contributed by atoms with E-state index in [-0.39, 0.29) is 0 Å². The molecule has 1 fully saturated rings. The van der Waals surface area contributed by atoms with E-state index in [2.05, 4.69) is 53.8 Å². The van der Waals surface area contributed by atoms with E-state index in [0.717, 1.165) is 49.4 Å². The van der Waals surface area contributed by atoms with Gasteiger partial charge in [0, 0.05) is 48.7 Å². The van der Waals surface area contributed by atoms with Gasteiger partial charge < -0.3 is 14.9 Å². The largest absolute Gasteiger partial charge is 0.372 e. The van der Waals surface area contributed by atoms with E-state index < -0.39 is 5.60 Å². The number of terminal acetylenes is 1. The number of anilines is 2. The van der Waals surface area contributed by atoms with Crippen molar-refractivity contribution in [3.63, 3.8) is 0 Å². The van der Waals surface area contributed by atoms with Crippen LogP contribution in [-0.4, -0.2) is 31.3 Å². The van der Waals surface area contributed by atoms with Gasteiger partial charge in [-0.3, -0.25) is 0 Å². The van der Waals surface area contributed by atoms with Crippen LogP contribution in [0.5, 0.6) is 0 Å². The summed E-state index contributed by atoms with van der Waals surface area (Å²) in [7, 11) is 0. The van der Waals surface area contributed by atoms with Crippen molar-refractivity contribution in [1.82, 2.24) is 0 Å². The molecule has 3 heteroatoms. The first-order chi connectivity index (χ1) is 13.6. The number of rotatable bonds is 7. The van der Waals surface area contributed by atoms with E-state index in [4.69, 9.17) is 6.42 Å². The van der Waals surface area contributed by atoms with E-state index in [0.29, 0.717) is 0 Å². The van der Waals surface area contributed by atoms with Gasteiger partial charge in [0.25, 0.3) is 0 Å². The Labute approximate surface area is 170 Å². The zero-order chi connectivity index (χ0) is 20.0. The van der Waals surface area contributed by atoms with Crippen molar-refractivity contribution in [2.24, 2.45) is 0 Å². The predicted molar refractivity (Wildman–Crippen MR) is 119 cm³/mol. The van der Waals surface area contributed by atoms with Crippen molar-refractivity contribution in [2.45, 2.75) is 45.1 Å². The summed E-state index contributed by atoms with van der Waals surface area (Å²) in [5, 5.41) is 11.3. The maximum absolute atomic E-state index is 11.3. The molecule has 0 aliphatic carbocycles. The Balaban J connectivity index is 1.83. The second-order valence-corrected chi connectivity index (χ2v) is 7.58. The van der Waals surface area contributed by atoms with Crippen LogP contribution < -0.4 is 9.80 Å². The number of nitrogens with zero attached hydrogens (tertiary/aromatic N) is 2. The van der Waals surface area contributed by atoms with Crippen LogP contribution in [0.3, 0.4) is 0 Å². The van der Waals surface area contributed by atoms with Gasteiger partial charge in [-0.2, -0.15) is 0 Å². The van der Waals surface area contributed by atoms with Crippen LogP contribution in [-0.2, 0) is 5.60 Å². The number of hydrogen-bond acceptors (Lipinski definition) is 3. The van der Waals surface area contributed by atoms with Crippen LogP contribution in [0, 0.1) is 12.3 Å². The molecule has 1 aliphatic heterocycles. The molecule has 1 N–H and O–H groups in total. The molecule has 3 rings (SSSR count). The lowest BCUT2D eigenvalue weighted by Gasteiger charge is -2.30. The molecule has 1 aliphatic rings. The minimum Gasteiger partial charge on any atom is -0.372 e. The second kappa shape index (κ2) is 9.17. The van der Waals surface area contributed by atoms with E-state index >= 15 is 0 Å². The summed E-state index contributed by atoms with van der Waals surface area (Å²) in [6, 6.07) is 16.1. The quantitative estimate of drug-likeness (QED) is 0.704. The van der Waals surface area contributed by atoms with Crippen LogP contribution in [0.2, 0.25) is 0 Å². The molecule has 1 saturated heterocycles. The van der Waals surface area contributed by atoms with Gasteiger partial charge >= 0.3 is 0 Å². The number of benzene rings is 2. The molecule has 0 radical (unpaired) electrons. The van der Waals surface area contributed by atoms with Gasteiger partial charge in [0.15, 0.2) is 5.60 Å². The molecule has 0 aromatic heterocycles. The summed E-state index contributed by atoms with van der Waals surface area (Å²) in [4.78, 5) is 4.73. The van der Waals surface area contributed by atoms with E-state index in [9.17, 15) is 5.11 Å².